The molecule has 3 N–H and O–H groups in total. The summed E-state index contributed by atoms with van der Waals surface area (Å²) < 4.78 is 5.70. The number of ether oxygens (including phenoxy) is 1. The molecule has 0 saturated carbocycles. The second kappa shape index (κ2) is 7.77. The van der Waals surface area contributed by atoms with Gasteiger partial charge in [0.15, 0.2) is 5.82 Å². The highest BCUT2D eigenvalue weighted by Gasteiger charge is 2.43. The molecular formula is C18H24N4O3. The first kappa shape index (κ1) is 17.6. The molecule has 1 aliphatic heterocycles. The summed E-state index contributed by atoms with van der Waals surface area (Å²) in [4.78, 5) is 21.2. The molecule has 1 saturated heterocycles. The number of hydrogen-bond acceptors (Lipinski definition) is 5. The van der Waals surface area contributed by atoms with Crippen molar-refractivity contribution >= 4 is 5.91 Å². The number of hydrogen-bond donors (Lipinski definition) is 3. The third-order valence-corrected chi connectivity index (χ3v) is 4.65. The van der Waals surface area contributed by atoms with Gasteiger partial charge in [-0.25, -0.2) is 4.98 Å². The number of benzene rings is 1. The number of aliphatic hydroxyl groups is 1. The summed E-state index contributed by atoms with van der Waals surface area (Å²) in [7, 11) is 0. The Balaban J connectivity index is 1.76. The zero-order valence-corrected chi connectivity index (χ0v) is 14.3. The molecule has 0 aliphatic carbocycles. The quantitative estimate of drug-likeness (QED) is 0.721. The number of rotatable bonds is 6. The lowest BCUT2D eigenvalue weighted by molar-refractivity contribution is -0.121. The van der Waals surface area contributed by atoms with Crippen LogP contribution in [0, 0.1) is 0 Å². The SMILES string of the molecule is C[C@@H]1COC[C@@](CO)(CNC(=O)c2ncc[nH]2)N1Cc1ccccc1. The van der Waals surface area contributed by atoms with Crippen molar-refractivity contribution in [2.24, 2.45) is 0 Å². The van der Waals surface area contributed by atoms with Crippen molar-refractivity contribution in [1.82, 2.24) is 20.2 Å². The Labute approximate surface area is 147 Å². The van der Waals surface area contributed by atoms with Gasteiger partial charge in [0, 0.05) is 31.5 Å². The number of carbonyl (C=O) groups excluding carboxylic acids is 1. The van der Waals surface area contributed by atoms with E-state index in [1.165, 1.54) is 6.20 Å². The molecule has 1 aliphatic rings. The van der Waals surface area contributed by atoms with Crippen LogP contribution in [-0.4, -0.2) is 63.8 Å². The molecule has 2 atom stereocenters. The Kier molecular flexibility index (Phi) is 5.47. The molecular weight excluding hydrogens is 320 g/mol. The number of carbonyl (C=O) groups is 1. The number of aromatic amines is 1. The summed E-state index contributed by atoms with van der Waals surface area (Å²) in [5.74, 6) is -0.0387. The molecule has 1 amide bonds. The van der Waals surface area contributed by atoms with Gasteiger partial charge in [-0.3, -0.25) is 9.69 Å². The van der Waals surface area contributed by atoms with Crippen molar-refractivity contribution in [1.29, 1.82) is 0 Å². The topological polar surface area (TPSA) is 90.5 Å². The van der Waals surface area contributed by atoms with Crippen LogP contribution >= 0.6 is 0 Å². The van der Waals surface area contributed by atoms with Crippen molar-refractivity contribution in [3.05, 3.63) is 54.1 Å². The van der Waals surface area contributed by atoms with Crippen LogP contribution in [0.2, 0.25) is 0 Å². The van der Waals surface area contributed by atoms with Crippen LogP contribution in [0.1, 0.15) is 23.1 Å². The highest BCUT2D eigenvalue weighted by atomic mass is 16.5. The first-order chi connectivity index (χ1) is 12.1. The summed E-state index contributed by atoms with van der Waals surface area (Å²) in [5.41, 5.74) is 0.488. The molecule has 134 valence electrons. The first-order valence-corrected chi connectivity index (χ1v) is 8.41. The van der Waals surface area contributed by atoms with Crippen LogP contribution in [0.25, 0.3) is 0 Å². The second-order valence-electron chi connectivity index (χ2n) is 6.48. The molecule has 3 rings (SSSR count). The van der Waals surface area contributed by atoms with Gasteiger partial charge in [0.05, 0.1) is 25.4 Å². The molecule has 0 spiro atoms. The molecule has 0 unspecified atom stereocenters. The predicted octanol–water partition coefficient (Wildman–Crippen LogP) is 0.792. The van der Waals surface area contributed by atoms with Gasteiger partial charge in [0.25, 0.3) is 5.91 Å². The third kappa shape index (κ3) is 3.89. The molecule has 0 radical (unpaired) electrons. The van der Waals surface area contributed by atoms with Crippen LogP contribution in [0.5, 0.6) is 0 Å². The minimum absolute atomic E-state index is 0.109. The highest BCUT2D eigenvalue weighted by molar-refractivity contribution is 5.90. The van der Waals surface area contributed by atoms with Crippen LogP contribution in [0.15, 0.2) is 42.7 Å². The number of nitrogens with one attached hydrogen (secondary N) is 2. The molecule has 1 fully saturated rings. The lowest BCUT2D eigenvalue weighted by atomic mass is 9.94. The number of H-pyrrole nitrogens is 1. The number of morpholine rings is 1. The number of imidazole rings is 1. The summed E-state index contributed by atoms with van der Waals surface area (Å²) in [5, 5.41) is 13.0. The molecule has 1 aromatic carbocycles. The van der Waals surface area contributed by atoms with Crippen LogP contribution in [-0.2, 0) is 11.3 Å². The number of nitrogens with zero attached hydrogens (tertiary/aromatic N) is 2. The van der Waals surface area contributed by atoms with Crippen LogP contribution < -0.4 is 5.32 Å². The monoisotopic (exact) mass is 344 g/mol. The van der Waals surface area contributed by atoms with Gasteiger partial charge in [-0.05, 0) is 12.5 Å². The number of aliphatic hydroxyl groups excluding tert-OH is 1. The fourth-order valence-corrected chi connectivity index (χ4v) is 3.23. The van der Waals surface area contributed by atoms with Gasteiger partial charge >= 0.3 is 0 Å². The molecule has 0 bridgehead atoms. The van der Waals surface area contributed by atoms with Crippen molar-refractivity contribution in [2.45, 2.75) is 25.0 Å². The van der Waals surface area contributed by atoms with E-state index in [1.807, 2.05) is 18.2 Å². The van der Waals surface area contributed by atoms with E-state index in [1.54, 1.807) is 6.20 Å². The average Bonchev–Trinajstić information content (AvgIpc) is 3.18. The van der Waals surface area contributed by atoms with E-state index < -0.39 is 5.54 Å². The van der Waals surface area contributed by atoms with Crippen LogP contribution in [0.4, 0.5) is 0 Å². The Morgan fingerprint density at radius 1 is 1.48 bits per heavy atom. The van der Waals surface area contributed by atoms with Crippen molar-refractivity contribution < 1.29 is 14.6 Å². The van der Waals surface area contributed by atoms with Gasteiger partial charge in [-0.15, -0.1) is 0 Å². The summed E-state index contributed by atoms with van der Waals surface area (Å²) in [6, 6.07) is 10.2. The molecule has 7 heteroatoms. The third-order valence-electron chi connectivity index (χ3n) is 4.65. The largest absolute Gasteiger partial charge is 0.394 e. The Morgan fingerprint density at radius 2 is 2.28 bits per heavy atom. The predicted molar refractivity (Wildman–Crippen MR) is 93.0 cm³/mol. The van der Waals surface area contributed by atoms with E-state index >= 15 is 0 Å². The van der Waals surface area contributed by atoms with E-state index in [4.69, 9.17) is 4.74 Å². The highest BCUT2D eigenvalue weighted by Crippen LogP contribution is 2.26. The van der Waals surface area contributed by atoms with E-state index in [9.17, 15) is 9.90 Å². The van der Waals surface area contributed by atoms with E-state index in [0.717, 1.165) is 5.56 Å². The minimum atomic E-state index is -0.671. The smallest absolute Gasteiger partial charge is 0.287 e. The first-order valence-electron chi connectivity index (χ1n) is 8.41. The average molecular weight is 344 g/mol. The normalized spacial score (nSPS) is 24.2. The van der Waals surface area contributed by atoms with Gasteiger partial charge < -0.3 is 20.1 Å². The molecule has 7 nitrogen and oxygen atoms in total. The molecule has 2 heterocycles. The van der Waals surface area contributed by atoms with Gasteiger partial charge in [-0.1, -0.05) is 30.3 Å². The number of aromatic nitrogens is 2. The zero-order valence-electron chi connectivity index (χ0n) is 14.3. The van der Waals surface area contributed by atoms with Gasteiger partial charge in [-0.2, -0.15) is 0 Å². The summed E-state index contributed by atoms with van der Waals surface area (Å²) in [6.45, 7) is 3.88. The standard InChI is InChI=1S/C18H24N4O3/c1-14-10-25-13-18(12-23,11-21-17(24)16-19-7-8-20-16)22(14)9-15-5-3-2-4-6-15/h2-8,14,23H,9-13H2,1H3,(H,19,20)(H,21,24)/t14-,18+/m1/s1. The lowest BCUT2D eigenvalue weighted by Gasteiger charge is -2.49. The maximum absolute atomic E-state index is 12.2. The summed E-state index contributed by atoms with van der Waals surface area (Å²) in [6.07, 6.45) is 3.13. The number of amides is 1. The van der Waals surface area contributed by atoms with Gasteiger partial charge in [0.1, 0.15) is 0 Å². The second-order valence-corrected chi connectivity index (χ2v) is 6.48. The van der Waals surface area contributed by atoms with E-state index in [-0.39, 0.29) is 30.9 Å². The van der Waals surface area contributed by atoms with E-state index in [2.05, 4.69) is 39.2 Å². The zero-order chi connectivity index (χ0) is 17.7. The Morgan fingerprint density at radius 3 is 2.96 bits per heavy atom. The van der Waals surface area contributed by atoms with Crippen molar-refractivity contribution in [2.75, 3.05) is 26.4 Å². The lowest BCUT2D eigenvalue weighted by Crippen LogP contribution is -2.66. The molecule has 25 heavy (non-hydrogen) atoms. The fourth-order valence-electron chi connectivity index (χ4n) is 3.23. The van der Waals surface area contributed by atoms with Crippen molar-refractivity contribution in [3.8, 4) is 0 Å². The minimum Gasteiger partial charge on any atom is -0.394 e. The van der Waals surface area contributed by atoms with Crippen LogP contribution in [0.3, 0.4) is 0 Å². The van der Waals surface area contributed by atoms with Gasteiger partial charge in [0.2, 0.25) is 0 Å². The Bertz CT molecular complexity index is 677. The maximum Gasteiger partial charge on any atom is 0.287 e. The molecule has 1 aromatic heterocycles. The molecule has 2 aromatic rings. The van der Waals surface area contributed by atoms with E-state index in [0.29, 0.717) is 19.8 Å². The maximum atomic E-state index is 12.2. The summed E-state index contributed by atoms with van der Waals surface area (Å²) >= 11 is 0. The fraction of sp³-hybridized carbons (Fsp3) is 0.444. The van der Waals surface area contributed by atoms with Crippen molar-refractivity contribution in [3.63, 3.8) is 0 Å². The Hall–Kier alpha value is -2.22.